The van der Waals surface area contributed by atoms with Crippen molar-refractivity contribution in [2.45, 2.75) is 43.7 Å². The Morgan fingerprint density at radius 1 is 1.27 bits per heavy atom. The molecule has 3 aromatic rings. The van der Waals surface area contributed by atoms with E-state index in [0.29, 0.717) is 6.42 Å². The predicted octanol–water partition coefficient (Wildman–Crippen LogP) is 3.67. The molecule has 5 rings (SSSR count). The first-order valence-electron chi connectivity index (χ1n) is 9.21. The van der Waals surface area contributed by atoms with Crippen LogP contribution in [0, 0.1) is 0 Å². The van der Waals surface area contributed by atoms with Gasteiger partial charge < -0.3 is 15.0 Å². The maximum Gasteiger partial charge on any atom is 0.224 e. The molecule has 0 saturated heterocycles. The highest BCUT2D eigenvalue weighted by Gasteiger charge is 2.45. The van der Waals surface area contributed by atoms with Crippen molar-refractivity contribution in [3.63, 3.8) is 0 Å². The van der Waals surface area contributed by atoms with E-state index < -0.39 is 0 Å². The van der Waals surface area contributed by atoms with Crippen LogP contribution in [0.4, 0.5) is 0 Å². The molecule has 1 amide bonds. The SMILES string of the molecule is O=C(Cc1c[nH]c2ncccc12)N[C@H]1CC2(CCC2)Oc2ccccc21. The number of hydrogen-bond donors (Lipinski definition) is 2. The van der Waals surface area contributed by atoms with Crippen LogP contribution in [0.25, 0.3) is 11.0 Å². The highest BCUT2D eigenvalue weighted by Crippen LogP contribution is 2.48. The summed E-state index contributed by atoms with van der Waals surface area (Å²) in [6.45, 7) is 0. The van der Waals surface area contributed by atoms with Crippen molar-refractivity contribution in [3.05, 3.63) is 59.9 Å². The van der Waals surface area contributed by atoms with E-state index in [4.69, 9.17) is 4.74 Å². The first-order chi connectivity index (χ1) is 12.7. The zero-order valence-electron chi connectivity index (χ0n) is 14.5. The van der Waals surface area contributed by atoms with Gasteiger partial charge >= 0.3 is 0 Å². The molecule has 1 spiro atoms. The van der Waals surface area contributed by atoms with Crippen LogP contribution < -0.4 is 10.1 Å². The summed E-state index contributed by atoms with van der Waals surface area (Å²) in [5, 5.41) is 4.25. The van der Waals surface area contributed by atoms with Crippen LogP contribution in [0.1, 0.15) is 42.9 Å². The molecule has 1 fully saturated rings. The molecule has 0 radical (unpaired) electrons. The van der Waals surface area contributed by atoms with Crippen LogP contribution in [-0.4, -0.2) is 21.5 Å². The molecular weight excluding hydrogens is 326 g/mol. The van der Waals surface area contributed by atoms with Gasteiger partial charge in [0.1, 0.15) is 17.0 Å². The third-order valence-electron chi connectivity index (χ3n) is 5.68. The Labute approximate surface area is 151 Å². The average molecular weight is 347 g/mol. The van der Waals surface area contributed by atoms with Gasteiger partial charge in [0.25, 0.3) is 0 Å². The number of hydrogen-bond acceptors (Lipinski definition) is 3. The van der Waals surface area contributed by atoms with Gasteiger partial charge in [-0.1, -0.05) is 18.2 Å². The summed E-state index contributed by atoms with van der Waals surface area (Å²) in [6, 6.07) is 12.0. The lowest BCUT2D eigenvalue weighted by Gasteiger charge is -2.48. The van der Waals surface area contributed by atoms with Crippen molar-refractivity contribution in [1.29, 1.82) is 0 Å². The third-order valence-corrected chi connectivity index (χ3v) is 5.68. The number of nitrogens with zero attached hydrogens (tertiary/aromatic N) is 1. The number of nitrogens with one attached hydrogen (secondary N) is 2. The highest BCUT2D eigenvalue weighted by molar-refractivity contribution is 5.87. The Hall–Kier alpha value is -2.82. The van der Waals surface area contributed by atoms with Gasteiger partial charge in [-0.05, 0) is 43.0 Å². The van der Waals surface area contributed by atoms with Crippen LogP contribution in [-0.2, 0) is 11.2 Å². The van der Waals surface area contributed by atoms with Crippen LogP contribution >= 0.6 is 0 Å². The predicted molar refractivity (Wildman–Crippen MR) is 99.0 cm³/mol. The molecule has 1 aliphatic carbocycles. The molecule has 3 heterocycles. The van der Waals surface area contributed by atoms with Gasteiger partial charge in [-0.2, -0.15) is 0 Å². The lowest BCUT2D eigenvalue weighted by molar-refractivity contribution is -0.122. The molecule has 132 valence electrons. The lowest BCUT2D eigenvalue weighted by Crippen LogP contribution is -2.49. The summed E-state index contributed by atoms with van der Waals surface area (Å²) in [5.41, 5.74) is 2.79. The van der Waals surface area contributed by atoms with Crippen molar-refractivity contribution < 1.29 is 9.53 Å². The van der Waals surface area contributed by atoms with Gasteiger partial charge in [0, 0.05) is 29.8 Å². The number of aromatic amines is 1. The number of fused-ring (bicyclic) bond motifs is 2. The Bertz CT molecular complexity index is 974. The number of carbonyl (C=O) groups excluding carboxylic acids is 1. The van der Waals surface area contributed by atoms with Gasteiger partial charge in [-0.25, -0.2) is 4.98 Å². The number of benzene rings is 1. The quantitative estimate of drug-likeness (QED) is 0.760. The van der Waals surface area contributed by atoms with Crippen molar-refractivity contribution in [2.24, 2.45) is 0 Å². The normalized spacial score (nSPS) is 20.2. The van der Waals surface area contributed by atoms with E-state index in [2.05, 4.69) is 21.4 Å². The molecule has 5 heteroatoms. The topological polar surface area (TPSA) is 67.0 Å². The maximum absolute atomic E-state index is 12.8. The van der Waals surface area contributed by atoms with Crippen LogP contribution in [0.3, 0.4) is 0 Å². The zero-order chi connectivity index (χ0) is 17.6. The molecule has 2 aromatic heterocycles. The summed E-state index contributed by atoms with van der Waals surface area (Å²) >= 11 is 0. The van der Waals surface area contributed by atoms with Gasteiger partial charge in [0.05, 0.1) is 12.5 Å². The number of rotatable bonds is 3. The standard InChI is InChI=1S/C21H21N3O2/c25-19(11-14-13-23-20-15(14)6-3-10-22-20)24-17-12-21(8-4-9-21)26-18-7-2-1-5-16(17)18/h1-3,5-7,10,13,17H,4,8-9,11-12H2,(H,22,23)(H,24,25)/t17-/m0/s1. The summed E-state index contributed by atoms with van der Waals surface area (Å²) in [4.78, 5) is 20.2. The first kappa shape index (κ1) is 15.4. The number of H-pyrrole nitrogens is 1. The van der Waals surface area contributed by atoms with E-state index in [-0.39, 0.29) is 17.6 Å². The fourth-order valence-electron chi connectivity index (χ4n) is 4.20. The van der Waals surface area contributed by atoms with Gasteiger partial charge in [-0.15, -0.1) is 0 Å². The smallest absolute Gasteiger partial charge is 0.224 e. The minimum absolute atomic E-state index is 0.0103. The fraction of sp³-hybridized carbons (Fsp3) is 0.333. The summed E-state index contributed by atoms with van der Waals surface area (Å²) in [6.07, 6.45) is 8.17. The van der Waals surface area contributed by atoms with Gasteiger partial charge in [0.2, 0.25) is 5.91 Å². The Morgan fingerprint density at radius 2 is 2.15 bits per heavy atom. The average Bonchev–Trinajstić information content (AvgIpc) is 3.03. The third kappa shape index (κ3) is 2.55. The van der Waals surface area contributed by atoms with Crippen molar-refractivity contribution >= 4 is 16.9 Å². The van der Waals surface area contributed by atoms with E-state index in [1.807, 2.05) is 36.5 Å². The molecule has 2 aliphatic rings. The Kier molecular flexibility index (Phi) is 3.48. The summed E-state index contributed by atoms with van der Waals surface area (Å²) < 4.78 is 6.27. The molecule has 1 saturated carbocycles. The summed E-state index contributed by atoms with van der Waals surface area (Å²) in [5.74, 6) is 0.950. The zero-order valence-corrected chi connectivity index (χ0v) is 14.5. The minimum atomic E-state index is -0.0863. The van der Waals surface area contributed by atoms with Crippen molar-refractivity contribution in [1.82, 2.24) is 15.3 Å². The van der Waals surface area contributed by atoms with Crippen molar-refractivity contribution in [2.75, 3.05) is 0 Å². The van der Waals surface area contributed by atoms with Crippen LogP contribution in [0.15, 0.2) is 48.8 Å². The molecule has 1 aliphatic heterocycles. The molecule has 26 heavy (non-hydrogen) atoms. The Morgan fingerprint density at radius 3 is 3.00 bits per heavy atom. The van der Waals surface area contributed by atoms with Gasteiger partial charge in [0.15, 0.2) is 0 Å². The second-order valence-electron chi connectivity index (χ2n) is 7.39. The summed E-state index contributed by atoms with van der Waals surface area (Å²) in [7, 11) is 0. The number of pyridine rings is 1. The molecule has 0 unspecified atom stereocenters. The largest absolute Gasteiger partial charge is 0.487 e. The molecular formula is C21H21N3O2. The number of ether oxygens (including phenoxy) is 1. The van der Waals surface area contributed by atoms with E-state index in [0.717, 1.165) is 47.2 Å². The van der Waals surface area contributed by atoms with E-state index in [1.54, 1.807) is 6.20 Å². The number of carbonyl (C=O) groups is 1. The number of para-hydroxylation sites is 1. The number of amides is 1. The Balaban J connectivity index is 1.37. The number of aromatic nitrogens is 2. The second kappa shape index (κ2) is 5.87. The molecule has 2 N–H and O–H groups in total. The van der Waals surface area contributed by atoms with Gasteiger partial charge in [-0.3, -0.25) is 4.79 Å². The second-order valence-corrected chi connectivity index (χ2v) is 7.39. The maximum atomic E-state index is 12.8. The molecule has 1 atom stereocenters. The highest BCUT2D eigenvalue weighted by atomic mass is 16.5. The van der Waals surface area contributed by atoms with Crippen LogP contribution in [0.5, 0.6) is 5.75 Å². The van der Waals surface area contributed by atoms with E-state index in [1.165, 1.54) is 6.42 Å². The first-order valence-corrected chi connectivity index (χ1v) is 9.21. The molecule has 1 aromatic carbocycles. The van der Waals surface area contributed by atoms with Crippen LogP contribution in [0.2, 0.25) is 0 Å². The minimum Gasteiger partial charge on any atom is -0.487 e. The monoisotopic (exact) mass is 347 g/mol. The molecule has 0 bridgehead atoms. The van der Waals surface area contributed by atoms with E-state index >= 15 is 0 Å². The molecule has 5 nitrogen and oxygen atoms in total. The van der Waals surface area contributed by atoms with Crippen molar-refractivity contribution in [3.8, 4) is 5.75 Å². The van der Waals surface area contributed by atoms with E-state index in [9.17, 15) is 4.79 Å². The fourth-order valence-corrected chi connectivity index (χ4v) is 4.20. The lowest BCUT2D eigenvalue weighted by atomic mass is 9.73.